The Labute approximate surface area is 210 Å². The Morgan fingerprint density at radius 2 is 1.91 bits per heavy atom. The molecule has 0 spiro atoms. The Morgan fingerprint density at radius 1 is 1.03 bits per heavy atom. The van der Waals surface area contributed by atoms with Crippen LogP contribution in [0.5, 0.6) is 0 Å². The number of rotatable bonds is 4. The van der Waals surface area contributed by atoms with E-state index in [1.807, 2.05) is 24.3 Å². The molecule has 7 rings (SSSR count). The van der Waals surface area contributed by atoms with Gasteiger partial charge in [0.1, 0.15) is 0 Å². The molecule has 1 saturated carbocycles. The number of amides is 1. The molecule has 6 heteroatoms. The molecule has 2 aliphatic carbocycles. The normalized spacial score (nSPS) is 20.5. The first-order valence-corrected chi connectivity index (χ1v) is 14.3. The summed E-state index contributed by atoms with van der Waals surface area (Å²) in [6, 6.07) is 15.5. The number of H-pyrrole nitrogens is 1. The molecule has 0 unspecified atom stereocenters. The summed E-state index contributed by atoms with van der Waals surface area (Å²) < 4.78 is 2.54. The van der Waals surface area contributed by atoms with Gasteiger partial charge in [-0.25, -0.2) is 4.98 Å². The molecule has 3 aliphatic rings. The van der Waals surface area contributed by atoms with Gasteiger partial charge >= 0.3 is 0 Å². The fraction of sp³-hybridized carbons (Fsp3) is 0.448. The Morgan fingerprint density at radius 3 is 2.80 bits per heavy atom. The van der Waals surface area contributed by atoms with Crippen molar-refractivity contribution in [2.75, 3.05) is 12.3 Å². The number of aromatic nitrogens is 3. The summed E-state index contributed by atoms with van der Waals surface area (Å²) in [6.45, 7) is 1.69. The third-order valence-electron chi connectivity index (χ3n) is 8.49. The molecule has 5 nitrogen and oxygen atoms in total. The Hall–Kier alpha value is -2.73. The number of carbonyl (C=O) groups excluding carboxylic acids is 1. The van der Waals surface area contributed by atoms with Gasteiger partial charge in [0, 0.05) is 29.7 Å². The van der Waals surface area contributed by atoms with Crippen molar-refractivity contribution >= 4 is 39.6 Å². The SMILES string of the molecule is O=C(CSc1nc2ccccc2[nH]1)N1CCn2c3c(c4cc(C5CCCCC5)ccc42)CCC[C@@H]31. The predicted molar refractivity (Wildman–Crippen MR) is 142 cm³/mol. The number of nitrogens with zero attached hydrogens (tertiary/aromatic N) is 3. The van der Waals surface area contributed by atoms with Gasteiger partial charge in [0.2, 0.25) is 5.91 Å². The first-order valence-electron chi connectivity index (χ1n) is 13.3. The van der Waals surface area contributed by atoms with E-state index >= 15 is 0 Å². The highest BCUT2D eigenvalue weighted by molar-refractivity contribution is 7.99. The van der Waals surface area contributed by atoms with Gasteiger partial charge in [-0.1, -0.05) is 49.2 Å². The molecule has 1 amide bonds. The van der Waals surface area contributed by atoms with Gasteiger partial charge in [-0.3, -0.25) is 4.79 Å². The zero-order chi connectivity index (χ0) is 23.4. The lowest BCUT2D eigenvalue weighted by atomic mass is 9.83. The Balaban J connectivity index is 1.15. The van der Waals surface area contributed by atoms with Gasteiger partial charge < -0.3 is 14.5 Å². The minimum Gasteiger partial charge on any atom is -0.341 e. The van der Waals surface area contributed by atoms with Crippen LogP contribution in [0.15, 0.2) is 47.6 Å². The van der Waals surface area contributed by atoms with Crippen LogP contribution in [-0.4, -0.2) is 37.6 Å². The second-order valence-electron chi connectivity index (χ2n) is 10.5. The maximum atomic E-state index is 13.4. The van der Waals surface area contributed by atoms with Gasteiger partial charge in [-0.2, -0.15) is 0 Å². The van der Waals surface area contributed by atoms with E-state index in [9.17, 15) is 4.79 Å². The van der Waals surface area contributed by atoms with Crippen LogP contribution in [0.25, 0.3) is 21.9 Å². The first kappa shape index (κ1) is 21.5. The lowest BCUT2D eigenvalue weighted by Crippen LogP contribution is -2.44. The van der Waals surface area contributed by atoms with Crippen molar-refractivity contribution < 1.29 is 4.79 Å². The van der Waals surface area contributed by atoms with Crippen LogP contribution in [0.4, 0.5) is 0 Å². The van der Waals surface area contributed by atoms with E-state index in [1.54, 1.807) is 0 Å². The highest BCUT2D eigenvalue weighted by Gasteiger charge is 2.37. The van der Waals surface area contributed by atoms with Crippen molar-refractivity contribution in [3.63, 3.8) is 0 Å². The molecule has 1 fully saturated rings. The number of fused-ring (bicyclic) bond motifs is 4. The molecule has 1 aliphatic heterocycles. The Bertz CT molecular complexity index is 1380. The average Bonchev–Trinajstić information content (AvgIpc) is 3.48. The summed E-state index contributed by atoms with van der Waals surface area (Å²) in [6.07, 6.45) is 10.2. The number of carbonyl (C=O) groups is 1. The van der Waals surface area contributed by atoms with Crippen LogP contribution in [0, 0.1) is 0 Å². The maximum Gasteiger partial charge on any atom is 0.233 e. The second kappa shape index (κ2) is 8.74. The van der Waals surface area contributed by atoms with E-state index in [0.29, 0.717) is 5.75 Å². The first-order chi connectivity index (χ1) is 17.3. The number of aryl methyl sites for hydroxylation is 1. The molecular weight excluding hydrogens is 452 g/mol. The lowest BCUT2D eigenvalue weighted by Gasteiger charge is -2.40. The molecule has 4 aromatic rings. The van der Waals surface area contributed by atoms with Crippen molar-refractivity contribution in [3.8, 4) is 0 Å². The minimum absolute atomic E-state index is 0.210. The van der Waals surface area contributed by atoms with Gasteiger partial charge in [-0.05, 0) is 73.4 Å². The summed E-state index contributed by atoms with van der Waals surface area (Å²) in [4.78, 5) is 23.6. The third-order valence-corrected chi connectivity index (χ3v) is 9.35. The standard InChI is InChI=1S/C29H32N4OS/c34-27(18-35-29-30-23-10-4-5-11-24(23)31-29)32-15-16-33-25-14-13-20(19-7-2-1-3-8-19)17-22(25)21-9-6-12-26(32)28(21)33/h4-5,10-11,13-14,17,19,26H,1-3,6-9,12,15-16,18H2,(H,30,31)/t26-/m0/s1. The van der Waals surface area contributed by atoms with Crippen LogP contribution in [0.2, 0.25) is 0 Å². The van der Waals surface area contributed by atoms with Crippen LogP contribution in [0.3, 0.4) is 0 Å². The molecule has 2 aromatic carbocycles. The van der Waals surface area contributed by atoms with Crippen molar-refractivity contribution in [1.82, 2.24) is 19.4 Å². The summed E-state index contributed by atoms with van der Waals surface area (Å²) >= 11 is 1.52. The van der Waals surface area contributed by atoms with E-state index in [4.69, 9.17) is 0 Å². The van der Waals surface area contributed by atoms with Crippen LogP contribution in [-0.2, 0) is 17.8 Å². The van der Waals surface area contributed by atoms with Crippen LogP contribution >= 0.6 is 11.8 Å². The van der Waals surface area contributed by atoms with Gasteiger partial charge in [0.25, 0.3) is 0 Å². The molecular formula is C29H32N4OS. The van der Waals surface area contributed by atoms with Gasteiger partial charge in [0.05, 0.1) is 22.8 Å². The summed E-state index contributed by atoms with van der Waals surface area (Å²) in [5.74, 6) is 1.38. The van der Waals surface area contributed by atoms with Crippen molar-refractivity contribution in [2.24, 2.45) is 0 Å². The molecule has 2 aromatic heterocycles. The molecule has 0 saturated heterocycles. The molecule has 1 N–H and O–H groups in total. The van der Waals surface area contributed by atoms with E-state index < -0.39 is 0 Å². The van der Waals surface area contributed by atoms with E-state index in [0.717, 1.165) is 54.5 Å². The molecule has 0 bridgehead atoms. The zero-order valence-corrected chi connectivity index (χ0v) is 20.9. The number of para-hydroxylation sites is 2. The molecule has 180 valence electrons. The topological polar surface area (TPSA) is 53.9 Å². The molecule has 3 heterocycles. The fourth-order valence-corrected chi connectivity index (χ4v) is 7.59. The lowest BCUT2D eigenvalue weighted by molar-refractivity contribution is -0.132. The molecule has 1 atom stereocenters. The quantitative estimate of drug-likeness (QED) is 0.333. The molecule has 0 radical (unpaired) electrons. The number of hydrogen-bond acceptors (Lipinski definition) is 3. The fourth-order valence-electron chi connectivity index (χ4n) is 6.82. The highest BCUT2D eigenvalue weighted by atomic mass is 32.2. The van der Waals surface area contributed by atoms with Gasteiger partial charge in [0.15, 0.2) is 5.16 Å². The highest BCUT2D eigenvalue weighted by Crippen LogP contribution is 2.44. The number of thioether (sulfide) groups is 1. The van der Waals surface area contributed by atoms with E-state index in [2.05, 4.69) is 37.6 Å². The number of benzene rings is 2. The summed E-state index contributed by atoms with van der Waals surface area (Å²) in [5, 5.41) is 2.28. The second-order valence-corrected chi connectivity index (χ2v) is 11.4. The minimum atomic E-state index is 0.210. The number of nitrogens with one attached hydrogen (secondary N) is 1. The third kappa shape index (κ3) is 3.68. The smallest absolute Gasteiger partial charge is 0.233 e. The Kier molecular flexibility index (Phi) is 5.38. The number of aromatic amines is 1. The van der Waals surface area contributed by atoms with Crippen molar-refractivity contribution in [3.05, 3.63) is 59.3 Å². The number of hydrogen-bond donors (Lipinski definition) is 1. The zero-order valence-electron chi connectivity index (χ0n) is 20.1. The number of imidazole rings is 1. The van der Waals surface area contributed by atoms with E-state index in [1.165, 1.54) is 71.6 Å². The van der Waals surface area contributed by atoms with Crippen LogP contribution < -0.4 is 0 Å². The van der Waals surface area contributed by atoms with Gasteiger partial charge in [-0.15, -0.1) is 0 Å². The molecule has 35 heavy (non-hydrogen) atoms. The average molecular weight is 485 g/mol. The monoisotopic (exact) mass is 484 g/mol. The van der Waals surface area contributed by atoms with Crippen LogP contribution in [0.1, 0.15) is 73.7 Å². The maximum absolute atomic E-state index is 13.4. The summed E-state index contributed by atoms with van der Waals surface area (Å²) in [7, 11) is 0. The predicted octanol–water partition coefficient (Wildman–Crippen LogP) is 6.58. The summed E-state index contributed by atoms with van der Waals surface area (Å²) in [5.41, 5.74) is 7.82. The van der Waals surface area contributed by atoms with E-state index in [-0.39, 0.29) is 11.9 Å². The largest absolute Gasteiger partial charge is 0.341 e. The van der Waals surface area contributed by atoms with Crippen molar-refractivity contribution in [1.29, 1.82) is 0 Å². The van der Waals surface area contributed by atoms with Crippen molar-refractivity contribution in [2.45, 2.75) is 75.0 Å².